The van der Waals surface area contributed by atoms with Gasteiger partial charge in [-0.3, -0.25) is 4.79 Å². The van der Waals surface area contributed by atoms with E-state index in [1.165, 1.54) is 5.56 Å². The minimum atomic E-state index is -0.173. The Morgan fingerprint density at radius 1 is 1.40 bits per heavy atom. The smallest absolute Gasteiger partial charge is 0.319 e. The van der Waals surface area contributed by atoms with Gasteiger partial charge in [-0.25, -0.2) is 0 Å². The third-order valence-corrected chi connectivity index (χ3v) is 3.11. The van der Waals surface area contributed by atoms with Gasteiger partial charge < -0.3 is 4.74 Å². The Labute approximate surface area is 98.8 Å². The maximum absolute atomic E-state index is 11.3. The van der Waals surface area contributed by atoms with Gasteiger partial charge in [-0.05, 0) is 12.0 Å². The van der Waals surface area contributed by atoms with Crippen molar-refractivity contribution in [3.63, 3.8) is 0 Å². The Morgan fingerprint density at radius 2 is 2.07 bits per heavy atom. The fourth-order valence-electron chi connectivity index (χ4n) is 1.17. The number of benzene rings is 1. The lowest BCUT2D eigenvalue weighted by atomic mass is 10.2. The highest BCUT2D eigenvalue weighted by Crippen LogP contribution is 2.07. The van der Waals surface area contributed by atoms with Crippen molar-refractivity contribution in [3.8, 4) is 0 Å². The normalized spacial score (nSPS) is 12.1. The topological polar surface area (TPSA) is 26.3 Å². The molecule has 0 bridgehead atoms. The molecule has 0 N–H and O–H groups in total. The highest BCUT2D eigenvalue weighted by molar-refractivity contribution is 9.10. The maximum atomic E-state index is 11.3. The zero-order valence-corrected chi connectivity index (χ0v) is 10.4. The SMILES string of the molecule is CCC(Br)C(=O)OCCc1ccccc1. The molecule has 3 heteroatoms. The van der Waals surface area contributed by atoms with E-state index >= 15 is 0 Å². The first-order chi connectivity index (χ1) is 7.24. The zero-order chi connectivity index (χ0) is 11.1. The van der Waals surface area contributed by atoms with E-state index in [0.29, 0.717) is 6.61 Å². The van der Waals surface area contributed by atoms with Crippen LogP contribution in [0.15, 0.2) is 30.3 Å². The summed E-state index contributed by atoms with van der Waals surface area (Å²) in [7, 11) is 0. The fraction of sp³-hybridized carbons (Fsp3) is 0.417. The molecule has 0 fully saturated rings. The maximum Gasteiger partial charge on any atom is 0.319 e. The Hall–Kier alpha value is -0.830. The molecule has 15 heavy (non-hydrogen) atoms. The van der Waals surface area contributed by atoms with Gasteiger partial charge in [0, 0.05) is 6.42 Å². The second-order valence-electron chi connectivity index (χ2n) is 3.28. The lowest BCUT2D eigenvalue weighted by molar-refractivity contribution is -0.142. The second-order valence-corrected chi connectivity index (χ2v) is 4.38. The van der Waals surface area contributed by atoms with Crippen molar-refractivity contribution in [1.29, 1.82) is 0 Å². The van der Waals surface area contributed by atoms with Crippen molar-refractivity contribution in [1.82, 2.24) is 0 Å². The van der Waals surface area contributed by atoms with Crippen LogP contribution in [0.4, 0.5) is 0 Å². The van der Waals surface area contributed by atoms with E-state index in [1.54, 1.807) is 0 Å². The number of esters is 1. The summed E-state index contributed by atoms with van der Waals surface area (Å²) in [6.45, 7) is 2.39. The Bertz CT molecular complexity index is 298. The summed E-state index contributed by atoms with van der Waals surface area (Å²) in [6.07, 6.45) is 1.53. The molecule has 0 heterocycles. The molecule has 0 aliphatic heterocycles. The van der Waals surface area contributed by atoms with Gasteiger partial charge in [0.1, 0.15) is 4.83 Å². The number of hydrogen-bond donors (Lipinski definition) is 0. The number of ether oxygens (including phenoxy) is 1. The first kappa shape index (κ1) is 12.2. The summed E-state index contributed by atoms with van der Waals surface area (Å²) in [6, 6.07) is 9.99. The first-order valence-electron chi connectivity index (χ1n) is 5.08. The minimum absolute atomic E-state index is 0.173. The van der Waals surface area contributed by atoms with Gasteiger partial charge >= 0.3 is 5.97 Å². The van der Waals surface area contributed by atoms with Crippen LogP contribution in [0.3, 0.4) is 0 Å². The molecular formula is C12H15BrO2. The molecule has 0 radical (unpaired) electrons. The Kier molecular flexibility index (Phi) is 5.40. The number of carbonyl (C=O) groups is 1. The molecule has 1 unspecified atom stereocenters. The summed E-state index contributed by atoms with van der Waals surface area (Å²) in [5.74, 6) is -0.173. The molecule has 1 aromatic carbocycles. The van der Waals surface area contributed by atoms with Crippen molar-refractivity contribution in [2.24, 2.45) is 0 Å². The van der Waals surface area contributed by atoms with Crippen LogP contribution >= 0.6 is 15.9 Å². The van der Waals surface area contributed by atoms with Gasteiger partial charge in [0.25, 0.3) is 0 Å². The number of halogens is 1. The molecule has 0 aromatic heterocycles. The fourth-order valence-corrected chi connectivity index (χ4v) is 1.30. The highest BCUT2D eigenvalue weighted by Gasteiger charge is 2.13. The Morgan fingerprint density at radius 3 is 2.67 bits per heavy atom. The van der Waals surface area contributed by atoms with E-state index in [0.717, 1.165) is 12.8 Å². The van der Waals surface area contributed by atoms with E-state index in [2.05, 4.69) is 15.9 Å². The molecule has 0 amide bonds. The average Bonchev–Trinajstić information content (AvgIpc) is 2.29. The molecule has 0 spiro atoms. The quantitative estimate of drug-likeness (QED) is 0.608. The first-order valence-corrected chi connectivity index (χ1v) is 6.00. The van der Waals surface area contributed by atoms with Gasteiger partial charge in [0.2, 0.25) is 0 Å². The van der Waals surface area contributed by atoms with Gasteiger partial charge in [-0.1, -0.05) is 53.2 Å². The summed E-state index contributed by atoms with van der Waals surface area (Å²) < 4.78 is 5.11. The summed E-state index contributed by atoms with van der Waals surface area (Å²) in [5.41, 5.74) is 1.19. The standard InChI is InChI=1S/C12H15BrO2/c1-2-11(13)12(14)15-9-8-10-6-4-3-5-7-10/h3-7,11H,2,8-9H2,1H3. The van der Waals surface area contributed by atoms with Crippen LogP contribution in [-0.4, -0.2) is 17.4 Å². The molecule has 1 atom stereocenters. The summed E-state index contributed by atoms with van der Waals surface area (Å²) in [5, 5.41) is 0. The molecular weight excluding hydrogens is 256 g/mol. The van der Waals surface area contributed by atoms with E-state index in [4.69, 9.17) is 4.74 Å². The number of rotatable bonds is 5. The van der Waals surface area contributed by atoms with Gasteiger partial charge in [0.15, 0.2) is 0 Å². The Balaban J connectivity index is 2.25. The molecule has 1 rings (SSSR count). The van der Waals surface area contributed by atoms with Crippen molar-refractivity contribution >= 4 is 21.9 Å². The highest BCUT2D eigenvalue weighted by atomic mass is 79.9. The molecule has 0 aliphatic carbocycles. The molecule has 0 saturated carbocycles. The van der Waals surface area contributed by atoms with Crippen LogP contribution in [0.5, 0.6) is 0 Å². The van der Waals surface area contributed by atoms with Gasteiger partial charge in [-0.2, -0.15) is 0 Å². The average molecular weight is 271 g/mol. The predicted molar refractivity (Wildman–Crippen MR) is 64.1 cm³/mol. The predicted octanol–water partition coefficient (Wildman–Crippen LogP) is 2.95. The molecule has 82 valence electrons. The van der Waals surface area contributed by atoms with E-state index in [-0.39, 0.29) is 10.8 Å². The van der Waals surface area contributed by atoms with Crippen LogP contribution in [0.25, 0.3) is 0 Å². The largest absolute Gasteiger partial charge is 0.465 e. The van der Waals surface area contributed by atoms with E-state index in [1.807, 2.05) is 37.3 Å². The van der Waals surface area contributed by atoms with Crippen molar-refractivity contribution in [3.05, 3.63) is 35.9 Å². The molecule has 2 nitrogen and oxygen atoms in total. The van der Waals surface area contributed by atoms with Crippen LogP contribution in [-0.2, 0) is 16.0 Å². The van der Waals surface area contributed by atoms with Crippen molar-refractivity contribution in [2.75, 3.05) is 6.61 Å². The summed E-state index contributed by atoms with van der Waals surface area (Å²) in [4.78, 5) is 11.1. The number of alkyl halides is 1. The van der Waals surface area contributed by atoms with Crippen molar-refractivity contribution < 1.29 is 9.53 Å². The lowest BCUT2D eigenvalue weighted by Gasteiger charge is -2.07. The molecule has 0 saturated heterocycles. The summed E-state index contributed by atoms with van der Waals surface area (Å²) >= 11 is 3.25. The molecule has 1 aromatic rings. The van der Waals surface area contributed by atoms with E-state index < -0.39 is 0 Å². The lowest BCUT2D eigenvalue weighted by Crippen LogP contribution is -2.17. The minimum Gasteiger partial charge on any atom is -0.465 e. The zero-order valence-electron chi connectivity index (χ0n) is 8.78. The third-order valence-electron chi connectivity index (χ3n) is 2.09. The van der Waals surface area contributed by atoms with Gasteiger partial charge in [0.05, 0.1) is 6.61 Å². The number of hydrogen-bond acceptors (Lipinski definition) is 2. The third kappa shape index (κ3) is 4.47. The van der Waals surface area contributed by atoms with Crippen LogP contribution in [0.1, 0.15) is 18.9 Å². The van der Waals surface area contributed by atoms with Crippen molar-refractivity contribution in [2.45, 2.75) is 24.6 Å². The second kappa shape index (κ2) is 6.62. The van der Waals surface area contributed by atoms with E-state index in [9.17, 15) is 4.79 Å². The number of carbonyl (C=O) groups excluding carboxylic acids is 1. The van der Waals surface area contributed by atoms with Crippen LogP contribution in [0.2, 0.25) is 0 Å². The van der Waals surface area contributed by atoms with Gasteiger partial charge in [-0.15, -0.1) is 0 Å². The monoisotopic (exact) mass is 270 g/mol. The molecule has 0 aliphatic rings. The van der Waals surface area contributed by atoms with Crippen LogP contribution < -0.4 is 0 Å². The van der Waals surface area contributed by atoms with Crippen LogP contribution in [0, 0.1) is 0 Å².